The van der Waals surface area contributed by atoms with Crippen LogP contribution in [0.1, 0.15) is 5.56 Å². The maximum Gasteiger partial charge on any atom is 0.331 e. The molecule has 0 saturated carbocycles. The van der Waals surface area contributed by atoms with Gasteiger partial charge in [-0.05, 0) is 18.2 Å². The zero-order chi connectivity index (χ0) is 21.5. The van der Waals surface area contributed by atoms with Crippen LogP contribution >= 0.6 is 0 Å². The summed E-state index contributed by atoms with van der Waals surface area (Å²) in [6.45, 7) is 1.77. The van der Waals surface area contributed by atoms with Crippen molar-refractivity contribution in [2.24, 2.45) is 0 Å². The number of hydrogen-bond acceptors (Lipinski definition) is 5. The Balaban J connectivity index is 1.48. The van der Waals surface area contributed by atoms with E-state index in [-0.39, 0.29) is 12.5 Å². The normalized spacial score (nSPS) is 14.0. The van der Waals surface area contributed by atoms with Gasteiger partial charge in [0.25, 0.3) is 5.91 Å². The molecule has 1 saturated heterocycles. The third-order valence-corrected chi connectivity index (χ3v) is 4.91. The van der Waals surface area contributed by atoms with Gasteiger partial charge in [-0.25, -0.2) is 9.48 Å². The Kier molecular flexibility index (Phi) is 6.54. The fourth-order valence-electron chi connectivity index (χ4n) is 3.29. The molecule has 0 bridgehead atoms. The molecule has 1 aliphatic rings. The first kappa shape index (κ1) is 20.6. The first-order valence-corrected chi connectivity index (χ1v) is 10.1. The number of hydrogen-bond donors (Lipinski definition) is 0. The zero-order valence-corrected chi connectivity index (χ0v) is 17.0. The van der Waals surface area contributed by atoms with E-state index in [4.69, 9.17) is 14.6 Å². The summed E-state index contributed by atoms with van der Waals surface area (Å²) in [7, 11) is 0. The quantitative estimate of drug-likeness (QED) is 0.455. The maximum atomic E-state index is 12.2. The van der Waals surface area contributed by atoms with Crippen molar-refractivity contribution >= 4 is 18.0 Å². The molecule has 1 amide bonds. The Morgan fingerprint density at radius 2 is 1.68 bits per heavy atom. The minimum atomic E-state index is -0.576. The Morgan fingerprint density at radius 1 is 1.00 bits per heavy atom. The van der Waals surface area contributed by atoms with E-state index < -0.39 is 5.97 Å². The number of amides is 1. The number of nitrogens with zero attached hydrogens (tertiary/aromatic N) is 3. The molecule has 3 aromatic rings. The van der Waals surface area contributed by atoms with Crippen LogP contribution in [0.15, 0.2) is 72.9 Å². The van der Waals surface area contributed by atoms with E-state index >= 15 is 0 Å². The van der Waals surface area contributed by atoms with Gasteiger partial charge in [-0.2, -0.15) is 5.10 Å². The van der Waals surface area contributed by atoms with Gasteiger partial charge in [0, 0.05) is 36.5 Å². The van der Waals surface area contributed by atoms with Gasteiger partial charge in [0.1, 0.15) is 0 Å². The van der Waals surface area contributed by atoms with E-state index in [1.54, 1.807) is 15.7 Å². The summed E-state index contributed by atoms with van der Waals surface area (Å²) in [5, 5.41) is 4.70. The lowest BCUT2D eigenvalue weighted by atomic mass is 10.1. The number of aromatic nitrogens is 2. The van der Waals surface area contributed by atoms with Crippen molar-refractivity contribution in [2.45, 2.75) is 0 Å². The van der Waals surface area contributed by atoms with Crippen LogP contribution in [0.2, 0.25) is 0 Å². The van der Waals surface area contributed by atoms with Gasteiger partial charge in [0.05, 0.1) is 24.6 Å². The number of rotatable bonds is 6. The lowest BCUT2D eigenvalue weighted by Crippen LogP contribution is -2.42. The minimum Gasteiger partial charge on any atom is -0.452 e. The molecule has 4 rings (SSSR count). The summed E-state index contributed by atoms with van der Waals surface area (Å²) < 4.78 is 12.1. The van der Waals surface area contributed by atoms with E-state index in [9.17, 15) is 9.59 Å². The van der Waals surface area contributed by atoms with Gasteiger partial charge in [0.2, 0.25) is 0 Å². The Hall–Kier alpha value is -3.71. The van der Waals surface area contributed by atoms with Crippen molar-refractivity contribution < 1.29 is 19.1 Å². The number of esters is 1. The van der Waals surface area contributed by atoms with Crippen molar-refractivity contribution in [1.82, 2.24) is 14.7 Å². The largest absolute Gasteiger partial charge is 0.452 e. The fourth-order valence-corrected chi connectivity index (χ4v) is 3.29. The SMILES string of the molecule is O=C(/C=C/c1cn(-c2ccccc2)nc1-c1ccccc1)OCC(=O)N1CCOCC1. The second kappa shape index (κ2) is 9.86. The Bertz CT molecular complexity index is 1050. The van der Waals surface area contributed by atoms with Crippen molar-refractivity contribution in [2.75, 3.05) is 32.9 Å². The Morgan fingerprint density at radius 3 is 2.39 bits per heavy atom. The predicted molar refractivity (Wildman–Crippen MR) is 116 cm³/mol. The molecule has 1 aliphatic heterocycles. The van der Waals surface area contributed by atoms with Crippen LogP contribution in [-0.2, 0) is 19.1 Å². The van der Waals surface area contributed by atoms with Crippen LogP contribution in [0.4, 0.5) is 0 Å². The predicted octanol–water partition coefficient (Wildman–Crippen LogP) is 2.95. The molecule has 0 aliphatic carbocycles. The van der Waals surface area contributed by atoms with Crippen molar-refractivity contribution in [3.05, 3.63) is 78.5 Å². The topological polar surface area (TPSA) is 73.7 Å². The number of carbonyl (C=O) groups is 2. The van der Waals surface area contributed by atoms with Crippen LogP contribution in [0.3, 0.4) is 0 Å². The van der Waals surface area contributed by atoms with Gasteiger partial charge in [0.15, 0.2) is 6.61 Å². The van der Waals surface area contributed by atoms with E-state index in [0.717, 1.165) is 22.5 Å². The summed E-state index contributed by atoms with van der Waals surface area (Å²) in [6, 6.07) is 19.5. The highest BCUT2D eigenvalue weighted by molar-refractivity contribution is 5.90. The van der Waals surface area contributed by atoms with Crippen LogP contribution < -0.4 is 0 Å². The van der Waals surface area contributed by atoms with Crippen molar-refractivity contribution in [1.29, 1.82) is 0 Å². The standard InChI is InChI=1S/C24H23N3O4/c28-22(26-13-15-30-16-14-26)18-31-23(29)12-11-20-17-27(21-9-5-2-6-10-21)25-24(20)19-7-3-1-4-8-19/h1-12,17H,13-16,18H2/b12-11+. The summed E-state index contributed by atoms with van der Waals surface area (Å²) in [6.07, 6.45) is 4.85. The van der Waals surface area contributed by atoms with Gasteiger partial charge < -0.3 is 14.4 Å². The molecule has 7 heteroatoms. The molecule has 2 aromatic carbocycles. The molecule has 0 N–H and O–H groups in total. The molecule has 31 heavy (non-hydrogen) atoms. The summed E-state index contributed by atoms with van der Waals surface area (Å²) in [4.78, 5) is 26.0. The molecule has 0 radical (unpaired) electrons. The average molecular weight is 417 g/mol. The maximum absolute atomic E-state index is 12.2. The fraction of sp³-hybridized carbons (Fsp3) is 0.208. The van der Waals surface area contributed by atoms with Gasteiger partial charge in [-0.15, -0.1) is 0 Å². The number of carbonyl (C=O) groups excluding carboxylic acids is 2. The highest BCUT2D eigenvalue weighted by Crippen LogP contribution is 2.24. The van der Waals surface area contributed by atoms with Gasteiger partial charge >= 0.3 is 5.97 Å². The lowest BCUT2D eigenvalue weighted by molar-refractivity contribution is -0.150. The number of ether oxygens (including phenoxy) is 2. The Labute approximate surface area is 180 Å². The molecule has 0 spiro atoms. The lowest BCUT2D eigenvalue weighted by Gasteiger charge is -2.26. The first-order chi connectivity index (χ1) is 15.2. The van der Waals surface area contributed by atoms with E-state index in [2.05, 4.69) is 0 Å². The third kappa shape index (κ3) is 5.26. The molecule has 1 aromatic heterocycles. The van der Waals surface area contributed by atoms with E-state index in [0.29, 0.717) is 26.3 Å². The molecule has 7 nitrogen and oxygen atoms in total. The second-order valence-electron chi connectivity index (χ2n) is 7.01. The molecule has 2 heterocycles. The summed E-state index contributed by atoms with van der Waals surface area (Å²) in [5.74, 6) is -0.792. The molecule has 0 atom stereocenters. The smallest absolute Gasteiger partial charge is 0.331 e. The minimum absolute atomic E-state index is 0.216. The number of benzene rings is 2. The second-order valence-corrected chi connectivity index (χ2v) is 7.01. The zero-order valence-electron chi connectivity index (χ0n) is 17.0. The van der Waals surface area contributed by atoms with Gasteiger partial charge in [-0.1, -0.05) is 48.5 Å². The molecule has 158 valence electrons. The molecule has 0 unspecified atom stereocenters. The molecular formula is C24H23N3O4. The van der Waals surface area contributed by atoms with E-state index in [1.165, 1.54) is 6.08 Å². The highest BCUT2D eigenvalue weighted by Gasteiger charge is 2.18. The van der Waals surface area contributed by atoms with E-state index in [1.807, 2.05) is 66.9 Å². The number of para-hydroxylation sites is 1. The van der Waals surface area contributed by atoms with Gasteiger partial charge in [-0.3, -0.25) is 4.79 Å². The van der Waals surface area contributed by atoms with Crippen LogP contribution in [-0.4, -0.2) is 59.5 Å². The molecule has 1 fully saturated rings. The molecular weight excluding hydrogens is 394 g/mol. The van der Waals surface area contributed by atoms with Crippen LogP contribution in [0.25, 0.3) is 23.0 Å². The van der Waals surface area contributed by atoms with Crippen molar-refractivity contribution in [3.63, 3.8) is 0 Å². The third-order valence-electron chi connectivity index (χ3n) is 4.91. The monoisotopic (exact) mass is 417 g/mol. The van der Waals surface area contributed by atoms with Crippen LogP contribution in [0, 0.1) is 0 Å². The number of morpholine rings is 1. The van der Waals surface area contributed by atoms with Crippen molar-refractivity contribution in [3.8, 4) is 16.9 Å². The average Bonchev–Trinajstić information content (AvgIpc) is 3.27. The summed E-state index contributed by atoms with van der Waals surface area (Å²) in [5.41, 5.74) is 3.37. The summed E-state index contributed by atoms with van der Waals surface area (Å²) >= 11 is 0. The first-order valence-electron chi connectivity index (χ1n) is 10.1. The highest BCUT2D eigenvalue weighted by atomic mass is 16.5. The van der Waals surface area contributed by atoms with Crippen LogP contribution in [0.5, 0.6) is 0 Å².